The molecule has 0 N–H and O–H groups in total. The summed E-state index contributed by atoms with van der Waals surface area (Å²) in [6, 6.07) is 7.56. The maximum atomic E-state index is 12.0. The molecule has 0 amide bonds. The molecular formula is C14H15NO2. The number of hydrogen-bond donors (Lipinski definition) is 0. The van der Waals surface area contributed by atoms with E-state index in [0.717, 1.165) is 10.8 Å². The van der Waals surface area contributed by atoms with Crippen LogP contribution in [0.25, 0.3) is 10.8 Å². The van der Waals surface area contributed by atoms with Crippen LogP contribution in [0.4, 0.5) is 0 Å². The lowest BCUT2D eigenvalue weighted by Gasteiger charge is -2.08. The average Bonchev–Trinajstić information content (AvgIpc) is 2.35. The molecule has 0 aliphatic carbocycles. The second-order valence-corrected chi connectivity index (χ2v) is 4.19. The maximum Gasteiger partial charge on any atom is 0.189 e. The van der Waals surface area contributed by atoms with Gasteiger partial charge in [0, 0.05) is 23.3 Å². The number of ether oxygens (including phenoxy) is 1. The van der Waals surface area contributed by atoms with E-state index >= 15 is 0 Å². The Morgan fingerprint density at radius 2 is 2.18 bits per heavy atom. The van der Waals surface area contributed by atoms with Crippen LogP contribution in [0.3, 0.4) is 0 Å². The standard InChI is InChI=1S/C14H15NO2/c1-10(2)17-9-14(16)12-5-3-4-11-6-7-15-8-13(11)12/h3-8,10H,9H2,1-2H3. The fourth-order valence-corrected chi connectivity index (χ4v) is 1.68. The largest absolute Gasteiger partial charge is 0.371 e. The van der Waals surface area contributed by atoms with Gasteiger partial charge in [-0.15, -0.1) is 0 Å². The molecule has 2 rings (SSSR count). The van der Waals surface area contributed by atoms with Crippen LogP contribution in [-0.4, -0.2) is 23.5 Å². The van der Waals surface area contributed by atoms with Crippen LogP contribution in [0.15, 0.2) is 36.7 Å². The topological polar surface area (TPSA) is 39.2 Å². The van der Waals surface area contributed by atoms with Crippen molar-refractivity contribution >= 4 is 16.6 Å². The van der Waals surface area contributed by atoms with Crippen molar-refractivity contribution in [3.05, 3.63) is 42.2 Å². The third-order valence-electron chi connectivity index (χ3n) is 2.53. The predicted molar refractivity (Wildman–Crippen MR) is 67.2 cm³/mol. The highest BCUT2D eigenvalue weighted by atomic mass is 16.5. The van der Waals surface area contributed by atoms with Gasteiger partial charge in [0.05, 0.1) is 6.10 Å². The summed E-state index contributed by atoms with van der Waals surface area (Å²) >= 11 is 0. The molecule has 1 heterocycles. The molecule has 0 aliphatic heterocycles. The number of carbonyl (C=O) groups excluding carboxylic acids is 1. The molecule has 0 unspecified atom stereocenters. The van der Waals surface area contributed by atoms with Gasteiger partial charge in [0.2, 0.25) is 0 Å². The van der Waals surface area contributed by atoms with Crippen LogP contribution in [-0.2, 0) is 4.74 Å². The van der Waals surface area contributed by atoms with Crippen LogP contribution >= 0.6 is 0 Å². The van der Waals surface area contributed by atoms with E-state index in [2.05, 4.69) is 4.98 Å². The molecule has 0 atom stereocenters. The Kier molecular flexibility index (Phi) is 3.49. The molecule has 0 spiro atoms. The van der Waals surface area contributed by atoms with Crippen LogP contribution in [0, 0.1) is 0 Å². The molecule has 0 bridgehead atoms. The molecule has 88 valence electrons. The van der Waals surface area contributed by atoms with Crippen LogP contribution in [0.2, 0.25) is 0 Å². The molecule has 2 aromatic rings. The Balaban J connectivity index is 2.32. The Morgan fingerprint density at radius 3 is 2.94 bits per heavy atom. The highest BCUT2D eigenvalue weighted by Gasteiger charge is 2.10. The first-order valence-electron chi connectivity index (χ1n) is 5.66. The summed E-state index contributed by atoms with van der Waals surface area (Å²) in [5, 5.41) is 1.91. The fraction of sp³-hybridized carbons (Fsp3) is 0.286. The molecular weight excluding hydrogens is 214 g/mol. The summed E-state index contributed by atoms with van der Waals surface area (Å²) < 4.78 is 5.34. The van der Waals surface area contributed by atoms with Gasteiger partial charge in [0.25, 0.3) is 0 Å². The van der Waals surface area contributed by atoms with E-state index in [4.69, 9.17) is 4.74 Å². The van der Waals surface area contributed by atoms with E-state index in [1.54, 1.807) is 12.4 Å². The highest BCUT2D eigenvalue weighted by molar-refractivity contribution is 6.08. The quantitative estimate of drug-likeness (QED) is 0.757. The Labute approximate surface area is 100 Å². The summed E-state index contributed by atoms with van der Waals surface area (Å²) in [5.74, 6) is -0.00250. The first-order valence-corrected chi connectivity index (χ1v) is 5.66. The SMILES string of the molecule is CC(C)OCC(=O)c1cccc2ccncc12. The van der Waals surface area contributed by atoms with Crippen LogP contribution in [0.1, 0.15) is 24.2 Å². The number of Topliss-reactive ketones (excluding diaryl/α,β-unsaturated/α-hetero) is 1. The Morgan fingerprint density at radius 1 is 1.35 bits per heavy atom. The van der Waals surface area contributed by atoms with Crippen molar-refractivity contribution in [2.75, 3.05) is 6.61 Å². The van der Waals surface area contributed by atoms with Gasteiger partial charge >= 0.3 is 0 Å². The van der Waals surface area contributed by atoms with Crippen molar-refractivity contribution < 1.29 is 9.53 Å². The van der Waals surface area contributed by atoms with E-state index in [9.17, 15) is 4.79 Å². The van der Waals surface area contributed by atoms with Gasteiger partial charge in [-0.05, 0) is 25.3 Å². The molecule has 0 saturated heterocycles. The third kappa shape index (κ3) is 2.68. The number of rotatable bonds is 4. The zero-order valence-electron chi connectivity index (χ0n) is 10.0. The number of fused-ring (bicyclic) bond motifs is 1. The summed E-state index contributed by atoms with van der Waals surface area (Å²) in [4.78, 5) is 16.1. The number of benzene rings is 1. The maximum absolute atomic E-state index is 12.0. The zero-order valence-corrected chi connectivity index (χ0v) is 10.0. The highest BCUT2D eigenvalue weighted by Crippen LogP contribution is 2.17. The molecule has 0 aliphatic rings. The third-order valence-corrected chi connectivity index (χ3v) is 2.53. The number of aromatic nitrogens is 1. The van der Waals surface area contributed by atoms with E-state index < -0.39 is 0 Å². The van der Waals surface area contributed by atoms with Gasteiger partial charge in [-0.2, -0.15) is 0 Å². The number of nitrogens with zero attached hydrogens (tertiary/aromatic N) is 1. The average molecular weight is 229 g/mol. The van der Waals surface area contributed by atoms with Gasteiger partial charge in [0.15, 0.2) is 5.78 Å². The minimum Gasteiger partial charge on any atom is -0.371 e. The summed E-state index contributed by atoms with van der Waals surface area (Å²) in [6.45, 7) is 3.95. The lowest BCUT2D eigenvalue weighted by atomic mass is 10.0. The van der Waals surface area contributed by atoms with Gasteiger partial charge in [-0.25, -0.2) is 0 Å². The number of pyridine rings is 1. The van der Waals surface area contributed by atoms with Crippen molar-refractivity contribution in [1.29, 1.82) is 0 Å². The lowest BCUT2D eigenvalue weighted by molar-refractivity contribution is 0.0586. The minimum absolute atomic E-state index is 0.00250. The van der Waals surface area contributed by atoms with E-state index in [1.165, 1.54) is 0 Å². The Hall–Kier alpha value is -1.74. The fourth-order valence-electron chi connectivity index (χ4n) is 1.68. The van der Waals surface area contributed by atoms with Gasteiger partial charge in [-0.1, -0.05) is 18.2 Å². The number of hydrogen-bond acceptors (Lipinski definition) is 3. The van der Waals surface area contributed by atoms with Crippen molar-refractivity contribution in [3.8, 4) is 0 Å². The van der Waals surface area contributed by atoms with Crippen molar-refractivity contribution in [1.82, 2.24) is 4.98 Å². The molecule has 0 radical (unpaired) electrons. The summed E-state index contributed by atoms with van der Waals surface area (Å²) in [6.07, 6.45) is 3.51. The molecule has 1 aromatic heterocycles. The van der Waals surface area contributed by atoms with Crippen molar-refractivity contribution in [3.63, 3.8) is 0 Å². The molecule has 0 fully saturated rings. The molecule has 1 aromatic carbocycles. The Bertz CT molecular complexity index is 529. The van der Waals surface area contributed by atoms with E-state index in [0.29, 0.717) is 5.56 Å². The normalized spacial score (nSPS) is 11.0. The van der Waals surface area contributed by atoms with Crippen molar-refractivity contribution in [2.24, 2.45) is 0 Å². The van der Waals surface area contributed by atoms with Gasteiger partial charge in [-0.3, -0.25) is 9.78 Å². The first-order chi connectivity index (χ1) is 8.18. The first kappa shape index (κ1) is 11.7. The second-order valence-electron chi connectivity index (χ2n) is 4.19. The van der Waals surface area contributed by atoms with Crippen LogP contribution < -0.4 is 0 Å². The van der Waals surface area contributed by atoms with Gasteiger partial charge in [0.1, 0.15) is 6.61 Å². The smallest absolute Gasteiger partial charge is 0.189 e. The van der Waals surface area contributed by atoms with E-state index in [1.807, 2.05) is 38.1 Å². The van der Waals surface area contributed by atoms with Crippen LogP contribution in [0.5, 0.6) is 0 Å². The molecule has 3 heteroatoms. The monoisotopic (exact) mass is 229 g/mol. The summed E-state index contributed by atoms with van der Waals surface area (Å²) in [5.41, 5.74) is 0.677. The van der Waals surface area contributed by atoms with Crippen molar-refractivity contribution in [2.45, 2.75) is 20.0 Å². The number of ketones is 1. The summed E-state index contributed by atoms with van der Waals surface area (Å²) in [7, 11) is 0. The molecule has 3 nitrogen and oxygen atoms in total. The van der Waals surface area contributed by atoms with E-state index in [-0.39, 0.29) is 18.5 Å². The van der Waals surface area contributed by atoms with Gasteiger partial charge < -0.3 is 4.74 Å². The molecule has 17 heavy (non-hydrogen) atoms. The minimum atomic E-state index is -0.00250. The predicted octanol–water partition coefficient (Wildman–Crippen LogP) is 2.84. The molecule has 0 saturated carbocycles. The number of carbonyl (C=O) groups is 1. The second kappa shape index (κ2) is 5.06. The zero-order chi connectivity index (χ0) is 12.3. The lowest BCUT2D eigenvalue weighted by Crippen LogP contribution is -2.13.